The predicted octanol–water partition coefficient (Wildman–Crippen LogP) is 3.18. The van der Waals surface area contributed by atoms with E-state index in [-0.39, 0.29) is 23.5 Å². The first-order valence-electron chi connectivity index (χ1n) is 9.48. The molecule has 3 atom stereocenters. The zero-order valence-electron chi connectivity index (χ0n) is 15.2. The number of nitrogens with one attached hydrogen (secondary N) is 2. The Morgan fingerprint density at radius 2 is 1.69 bits per heavy atom. The highest BCUT2D eigenvalue weighted by atomic mass is 16.7. The highest BCUT2D eigenvalue weighted by molar-refractivity contribution is 5.82. The standard InChI is InChI=1S/C22H26N2O2/c1-22(16-9-4-2-5-10-16,17-11-6-3-7-12-17)15-23-21(25)20-18-13-8-14-19(18)26-24-20/h2-7,9-12,18-20,24H,8,13-15H2,1H3,(H,23,25). The maximum Gasteiger partial charge on any atom is 0.239 e. The van der Waals surface area contributed by atoms with Crippen LogP contribution in [0.4, 0.5) is 0 Å². The van der Waals surface area contributed by atoms with E-state index in [0.717, 1.165) is 19.3 Å². The van der Waals surface area contributed by atoms with Gasteiger partial charge in [0, 0.05) is 17.9 Å². The summed E-state index contributed by atoms with van der Waals surface area (Å²) in [6.45, 7) is 2.74. The van der Waals surface area contributed by atoms with Crippen LogP contribution >= 0.6 is 0 Å². The van der Waals surface area contributed by atoms with E-state index in [4.69, 9.17) is 4.84 Å². The van der Waals surface area contributed by atoms with Crippen LogP contribution in [0.2, 0.25) is 0 Å². The van der Waals surface area contributed by atoms with Crippen molar-refractivity contribution in [2.75, 3.05) is 6.54 Å². The summed E-state index contributed by atoms with van der Waals surface area (Å²) >= 11 is 0. The number of benzene rings is 2. The Balaban J connectivity index is 1.53. The Morgan fingerprint density at radius 3 is 2.31 bits per heavy atom. The van der Waals surface area contributed by atoms with Gasteiger partial charge in [0.2, 0.25) is 5.91 Å². The van der Waals surface area contributed by atoms with Crippen LogP contribution < -0.4 is 10.8 Å². The molecule has 4 rings (SSSR count). The third-order valence-corrected chi connectivity index (χ3v) is 6.00. The summed E-state index contributed by atoms with van der Waals surface area (Å²) in [5, 5.41) is 3.19. The molecular weight excluding hydrogens is 324 g/mol. The Morgan fingerprint density at radius 1 is 1.08 bits per heavy atom. The molecule has 4 nitrogen and oxygen atoms in total. The molecule has 0 bridgehead atoms. The molecule has 1 aliphatic heterocycles. The van der Waals surface area contributed by atoms with Crippen molar-refractivity contribution < 1.29 is 9.63 Å². The van der Waals surface area contributed by atoms with Crippen LogP contribution in [0.15, 0.2) is 60.7 Å². The van der Waals surface area contributed by atoms with Crippen molar-refractivity contribution in [2.45, 2.75) is 43.7 Å². The Kier molecular flexibility index (Phi) is 4.79. The van der Waals surface area contributed by atoms with Gasteiger partial charge in [0.1, 0.15) is 6.04 Å². The van der Waals surface area contributed by atoms with Gasteiger partial charge in [0.05, 0.1) is 6.10 Å². The highest BCUT2D eigenvalue weighted by Crippen LogP contribution is 2.35. The number of amides is 1. The van der Waals surface area contributed by atoms with Gasteiger partial charge >= 0.3 is 0 Å². The number of carbonyl (C=O) groups excluding carboxylic acids is 1. The van der Waals surface area contributed by atoms with Crippen molar-refractivity contribution in [3.8, 4) is 0 Å². The molecule has 1 aliphatic carbocycles. The fraction of sp³-hybridized carbons (Fsp3) is 0.409. The number of hydrogen-bond donors (Lipinski definition) is 2. The number of hydrogen-bond acceptors (Lipinski definition) is 3. The quantitative estimate of drug-likeness (QED) is 0.871. The van der Waals surface area contributed by atoms with Crippen LogP contribution in [0.5, 0.6) is 0 Å². The molecule has 2 fully saturated rings. The van der Waals surface area contributed by atoms with E-state index < -0.39 is 0 Å². The van der Waals surface area contributed by atoms with Crippen LogP contribution in [0, 0.1) is 5.92 Å². The average Bonchev–Trinajstić information content (AvgIpc) is 3.31. The van der Waals surface area contributed by atoms with E-state index in [1.807, 2.05) is 36.4 Å². The van der Waals surface area contributed by atoms with E-state index in [0.29, 0.717) is 12.5 Å². The van der Waals surface area contributed by atoms with E-state index in [9.17, 15) is 4.79 Å². The van der Waals surface area contributed by atoms with Crippen LogP contribution in [0.1, 0.15) is 37.3 Å². The fourth-order valence-corrected chi connectivity index (χ4v) is 4.34. The molecule has 1 saturated carbocycles. The van der Waals surface area contributed by atoms with E-state index >= 15 is 0 Å². The van der Waals surface area contributed by atoms with Gasteiger partial charge in [-0.25, -0.2) is 0 Å². The molecule has 1 heterocycles. The monoisotopic (exact) mass is 350 g/mol. The minimum Gasteiger partial charge on any atom is -0.353 e. The van der Waals surface area contributed by atoms with Crippen molar-refractivity contribution in [1.82, 2.24) is 10.8 Å². The number of hydroxylamine groups is 1. The van der Waals surface area contributed by atoms with Gasteiger partial charge in [0.25, 0.3) is 0 Å². The SMILES string of the molecule is CC(CNC(=O)C1NOC2CCCC21)(c1ccccc1)c1ccccc1. The lowest BCUT2D eigenvalue weighted by molar-refractivity contribution is -0.125. The van der Waals surface area contributed by atoms with Gasteiger partial charge in [-0.3, -0.25) is 9.63 Å². The maximum absolute atomic E-state index is 12.8. The summed E-state index contributed by atoms with van der Waals surface area (Å²) in [6, 6.07) is 20.5. The van der Waals surface area contributed by atoms with E-state index in [1.165, 1.54) is 11.1 Å². The molecule has 2 aromatic rings. The molecule has 26 heavy (non-hydrogen) atoms. The zero-order chi connectivity index (χ0) is 18.0. The van der Waals surface area contributed by atoms with Crippen LogP contribution in [-0.2, 0) is 15.0 Å². The molecule has 4 heteroatoms. The van der Waals surface area contributed by atoms with E-state index in [1.54, 1.807) is 0 Å². The largest absolute Gasteiger partial charge is 0.353 e. The zero-order valence-corrected chi connectivity index (χ0v) is 15.2. The smallest absolute Gasteiger partial charge is 0.239 e. The van der Waals surface area contributed by atoms with Gasteiger partial charge in [-0.2, -0.15) is 5.48 Å². The summed E-state index contributed by atoms with van der Waals surface area (Å²) < 4.78 is 0. The van der Waals surface area contributed by atoms with Gasteiger partial charge in [-0.15, -0.1) is 0 Å². The summed E-state index contributed by atoms with van der Waals surface area (Å²) in [4.78, 5) is 18.4. The van der Waals surface area contributed by atoms with E-state index in [2.05, 4.69) is 42.0 Å². The first kappa shape index (κ1) is 17.3. The van der Waals surface area contributed by atoms with Crippen molar-refractivity contribution in [3.05, 3.63) is 71.8 Å². The Bertz CT molecular complexity index is 708. The van der Waals surface area contributed by atoms with Crippen LogP contribution in [0.3, 0.4) is 0 Å². The third kappa shape index (κ3) is 3.15. The number of rotatable bonds is 5. The molecule has 0 aromatic heterocycles. The first-order valence-corrected chi connectivity index (χ1v) is 9.48. The third-order valence-electron chi connectivity index (χ3n) is 6.00. The maximum atomic E-state index is 12.8. The molecule has 2 N–H and O–H groups in total. The summed E-state index contributed by atoms with van der Waals surface area (Å²) in [5.41, 5.74) is 5.07. The van der Waals surface area contributed by atoms with Crippen molar-refractivity contribution in [2.24, 2.45) is 5.92 Å². The second kappa shape index (κ2) is 7.22. The predicted molar refractivity (Wildman–Crippen MR) is 101 cm³/mol. The molecule has 1 saturated heterocycles. The lowest BCUT2D eigenvalue weighted by atomic mass is 9.76. The van der Waals surface area contributed by atoms with Gasteiger partial charge in [0.15, 0.2) is 0 Å². The minimum absolute atomic E-state index is 0.0393. The summed E-state index contributed by atoms with van der Waals surface area (Å²) in [6.07, 6.45) is 3.45. The molecule has 2 aromatic carbocycles. The molecule has 2 aliphatic rings. The lowest BCUT2D eigenvalue weighted by Crippen LogP contribution is -2.48. The molecule has 1 amide bonds. The normalized spacial score (nSPS) is 25.0. The molecule has 3 unspecified atom stereocenters. The molecular formula is C22H26N2O2. The summed E-state index contributed by atoms with van der Waals surface area (Å²) in [5.74, 6) is 0.340. The Labute approximate surface area is 154 Å². The Hall–Kier alpha value is -2.17. The van der Waals surface area contributed by atoms with Crippen LogP contribution in [0.25, 0.3) is 0 Å². The lowest BCUT2D eigenvalue weighted by Gasteiger charge is -2.32. The molecule has 0 spiro atoms. The van der Waals surface area contributed by atoms with Gasteiger partial charge < -0.3 is 5.32 Å². The second-order valence-corrected chi connectivity index (χ2v) is 7.63. The van der Waals surface area contributed by atoms with Crippen molar-refractivity contribution in [1.29, 1.82) is 0 Å². The van der Waals surface area contributed by atoms with Crippen molar-refractivity contribution >= 4 is 5.91 Å². The summed E-state index contributed by atoms with van der Waals surface area (Å²) in [7, 11) is 0. The number of fused-ring (bicyclic) bond motifs is 1. The fourth-order valence-electron chi connectivity index (χ4n) is 4.34. The molecule has 136 valence electrons. The molecule has 0 radical (unpaired) electrons. The minimum atomic E-state index is -0.285. The second-order valence-electron chi connectivity index (χ2n) is 7.63. The highest BCUT2D eigenvalue weighted by Gasteiger charge is 2.44. The average molecular weight is 350 g/mol. The number of carbonyl (C=O) groups is 1. The first-order chi connectivity index (χ1) is 12.7. The van der Waals surface area contributed by atoms with Crippen LogP contribution in [-0.4, -0.2) is 24.6 Å². The topological polar surface area (TPSA) is 50.4 Å². The van der Waals surface area contributed by atoms with Gasteiger partial charge in [-0.05, 0) is 30.9 Å². The van der Waals surface area contributed by atoms with Gasteiger partial charge in [-0.1, -0.05) is 67.1 Å². The van der Waals surface area contributed by atoms with Crippen molar-refractivity contribution in [3.63, 3.8) is 0 Å².